The van der Waals surface area contributed by atoms with Gasteiger partial charge in [-0.05, 0) is 23.8 Å². The molecule has 7 heteroatoms. The van der Waals surface area contributed by atoms with Crippen molar-refractivity contribution >= 4 is 28.9 Å². The van der Waals surface area contributed by atoms with Crippen LogP contribution in [0, 0.1) is 15.9 Å². The second-order valence-corrected chi connectivity index (χ2v) is 4.47. The first kappa shape index (κ1) is 14.9. The van der Waals surface area contributed by atoms with Crippen LogP contribution in [0.25, 0.3) is 0 Å². The van der Waals surface area contributed by atoms with Crippen LogP contribution in [0.2, 0.25) is 0 Å². The Morgan fingerprint density at radius 2 is 1.90 bits per heavy atom. The lowest BCUT2D eigenvalue weighted by molar-refractivity contribution is -0.384. The molecular formula is C14H10ClFN2O3. The van der Waals surface area contributed by atoms with E-state index in [4.69, 9.17) is 11.6 Å². The van der Waals surface area contributed by atoms with Gasteiger partial charge in [0.05, 0.1) is 10.6 Å². The fourth-order valence-electron chi connectivity index (χ4n) is 1.66. The second-order valence-electron chi connectivity index (χ2n) is 4.21. The molecule has 0 saturated heterocycles. The number of halogens is 2. The van der Waals surface area contributed by atoms with Gasteiger partial charge in [0.1, 0.15) is 5.82 Å². The molecule has 0 fully saturated rings. The van der Waals surface area contributed by atoms with Crippen molar-refractivity contribution in [1.82, 2.24) is 0 Å². The van der Waals surface area contributed by atoms with Crippen LogP contribution in [0.4, 0.5) is 15.8 Å². The van der Waals surface area contributed by atoms with Crippen molar-refractivity contribution in [3.05, 3.63) is 69.5 Å². The van der Waals surface area contributed by atoms with E-state index in [0.29, 0.717) is 11.4 Å². The molecule has 0 unspecified atom stereocenters. The SMILES string of the molecule is O=C(Nc1cc([N+](=O)[O-])ccc1F)c1ccc(CCl)cc1. The Balaban J connectivity index is 2.22. The second kappa shape index (κ2) is 6.32. The quantitative estimate of drug-likeness (QED) is 0.531. The number of hydrogen-bond donors (Lipinski definition) is 1. The maximum Gasteiger partial charge on any atom is 0.271 e. The molecule has 0 radical (unpaired) electrons. The molecule has 0 bridgehead atoms. The number of rotatable bonds is 4. The van der Waals surface area contributed by atoms with Crippen molar-refractivity contribution in [2.75, 3.05) is 5.32 Å². The molecule has 0 atom stereocenters. The Morgan fingerprint density at radius 1 is 1.24 bits per heavy atom. The van der Waals surface area contributed by atoms with E-state index in [-0.39, 0.29) is 11.4 Å². The largest absolute Gasteiger partial charge is 0.319 e. The molecule has 5 nitrogen and oxygen atoms in total. The zero-order chi connectivity index (χ0) is 15.4. The third-order valence-electron chi connectivity index (χ3n) is 2.78. The summed E-state index contributed by atoms with van der Waals surface area (Å²) in [6.45, 7) is 0. The lowest BCUT2D eigenvalue weighted by Gasteiger charge is -2.07. The van der Waals surface area contributed by atoms with Gasteiger partial charge in [0, 0.05) is 23.6 Å². The van der Waals surface area contributed by atoms with Gasteiger partial charge in [0.15, 0.2) is 0 Å². The summed E-state index contributed by atoms with van der Waals surface area (Å²) < 4.78 is 13.6. The van der Waals surface area contributed by atoms with E-state index in [9.17, 15) is 19.3 Å². The summed E-state index contributed by atoms with van der Waals surface area (Å²) in [6.07, 6.45) is 0. The van der Waals surface area contributed by atoms with Gasteiger partial charge in [0.2, 0.25) is 0 Å². The summed E-state index contributed by atoms with van der Waals surface area (Å²) in [4.78, 5) is 22.0. The summed E-state index contributed by atoms with van der Waals surface area (Å²) >= 11 is 5.64. The number of carbonyl (C=O) groups is 1. The van der Waals surface area contributed by atoms with Gasteiger partial charge in [-0.1, -0.05) is 12.1 Å². The van der Waals surface area contributed by atoms with Crippen LogP contribution < -0.4 is 5.32 Å². The summed E-state index contributed by atoms with van der Waals surface area (Å²) in [7, 11) is 0. The zero-order valence-corrected chi connectivity index (χ0v) is 11.4. The number of nitrogens with zero attached hydrogens (tertiary/aromatic N) is 1. The third-order valence-corrected chi connectivity index (χ3v) is 3.09. The number of carbonyl (C=O) groups excluding carboxylic acids is 1. The fraction of sp³-hybridized carbons (Fsp3) is 0.0714. The molecule has 0 aliphatic carbocycles. The highest BCUT2D eigenvalue weighted by molar-refractivity contribution is 6.17. The Morgan fingerprint density at radius 3 is 2.48 bits per heavy atom. The molecule has 2 rings (SSSR count). The van der Waals surface area contributed by atoms with Gasteiger partial charge in [-0.3, -0.25) is 14.9 Å². The number of alkyl halides is 1. The van der Waals surface area contributed by atoms with E-state index >= 15 is 0 Å². The van der Waals surface area contributed by atoms with Crippen molar-refractivity contribution in [2.24, 2.45) is 0 Å². The molecule has 0 aliphatic heterocycles. The molecule has 21 heavy (non-hydrogen) atoms. The number of amides is 1. The lowest BCUT2D eigenvalue weighted by Crippen LogP contribution is -2.13. The highest BCUT2D eigenvalue weighted by Gasteiger charge is 2.14. The number of non-ortho nitro benzene ring substituents is 1. The fourth-order valence-corrected chi connectivity index (χ4v) is 1.84. The van der Waals surface area contributed by atoms with E-state index in [2.05, 4.69) is 5.32 Å². The van der Waals surface area contributed by atoms with E-state index in [1.54, 1.807) is 24.3 Å². The minimum absolute atomic E-state index is 0.240. The number of nitro groups is 1. The van der Waals surface area contributed by atoms with Gasteiger partial charge in [-0.15, -0.1) is 11.6 Å². The van der Waals surface area contributed by atoms with E-state index < -0.39 is 16.6 Å². The summed E-state index contributed by atoms with van der Waals surface area (Å²) in [5.41, 5.74) is 0.601. The van der Waals surface area contributed by atoms with Gasteiger partial charge >= 0.3 is 0 Å². The number of hydrogen-bond acceptors (Lipinski definition) is 3. The van der Waals surface area contributed by atoms with Crippen LogP contribution in [0.5, 0.6) is 0 Å². The smallest absolute Gasteiger partial charge is 0.271 e. The monoisotopic (exact) mass is 308 g/mol. The molecular weight excluding hydrogens is 299 g/mol. The maximum absolute atomic E-state index is 13.6. The summed E-state index contributed by atoms with van der Waals surface area (Å²) in [5, 5.41) is 13.0. The molecule has 0 spiro atoms. The molecule has 1 amide bonds. The Hall–Kier alpha value is -2.47. The Labute approximate surface area is 124 Å². The van der Waals surface area contributed by atoms with E-state index in [1.165, 1.54) is 0 Å². The van der Waals surface area contributed by atoms with Crippen LogP contribution in [-0.4, -0.2) is 10.8 Å². The summed E-state index contributed by atoms with van der Waals surface area (Å²) in [6, 6.07) is 9.37. The van der Waals surface area contributed by atoms with Crippen LogP contribution >= 0.6 is 11.6 Å². The lowest BCUT2D eigenvalue weighted by atomic mass is 10.1. The average Bonchev–Trinajstić information content (AvgIpc) is 2.49. The molecule has 1 N–H and O–H groups in total. The Bertz CT molecular complexity index is 689. The first-order valence-corrected chi connectivity index (χ1v) is 6.45. The van der Waals surface area contributed by atoms with Crippen molar-refractivity contribution in [3.63, 3.8) is 0 Å². The first-order chi connectivity index (χ1) is 10.0. The van der Waals surface area contributed by atoms with Gasteiger partial charge in [-0.25, -0.2) is 4.39 Å². The molecule has 0 aromatic heterocycles. The normalized spacial score (nSPS) is 10.2. The highest BCUT2D eigenvalue weighted by Crippen LogP contribution is 2.22. The Kier molecular flexibility index (Phi) is 4.49. The first-order valence-electron chi connectivity index (χ1n) is 5.91. The van der Waals surface area contributed by atoms with Crippen LogP contribution in [0.15, 0.2) is 42.5 Å². The minimum Gasteiger partial charge on any atom is -0.319 e. The molecule has 0 saturated carbocycles. The average molecular weight is 309 g/mol. The van der Waals surface area contributed by atoms with Crippen LogP contribution in [0.3, 0.4) is 0 Å². The predicted octanol–water partition coefficient (Wildman–Crippen LogP) is 3.73. The van der Waals surface area contributed by atoms with Crippen LogP contribution in [0.1, 0.15) is 15.9 Å². The zero-order valence-electron chi connectivity index (χ0n) is 10.7. The van der Waals surface area contributed by atoms with Gasteiger partial charge in [0.25, 0.3) is 11.6 Å². The highest BCUT2D eigenvalue weighted by atomic mass is 35.5. The van der Waals surface area contributed by atoms with E-state index in [0.717, 1.165) is 23.8 Å². The third kappa shape index (κ3) is 3.55. The molecule has 108 valence electrons. The van der Waals surface area contributed by atoms with Gasteiger partial charge in [-0.2, -0.15) is 0 Å². The van der Waals surface area contributed by atoms with Crippen molar-refractivity contribution < 1.29 is 14.1 Å². The number of nitrogens with one attached hydrogen (secondary N) is 1. The van der Waals surface area contributed by atoms with Crippen molar-refractivity contribution in [2.45, 2.75) is 5.88 Å². The minimum atomic E-state index is -0.744. The standard InChI is InChI=1S/C14H10ClFN2O3/c15-8-9-1-3-10(4-2-9)14(19)17-13-7-11(18(20)21)5-6-12(13)16/h1-7H,8H2,(H,17,19). The number of nitro benzene ring substituents is 1. The van der Waals surface area contributed by atoms with Crippen LogP contribution in [-0.2, 0) is 5.88 Å². The van der Waals surface area contributed by atoms with Crippen molar-refractivity contribution in [1.29, 1.82) is 0 Å². The van der Waals surface area contributed by atoms with Gasteiger partial charge < -0.3 is 5.32 Å². The number of anilines is 1. The summed E-state index contributed by atoms with van der Waals surface area (Å²) in [5.74, 6) is -0.983. The van der Waals surface area contributed by atoms with E-state index in [1.807, 2.05) is 0 Å². The molecule has 2 aromatic carbocycles. The number of benzene rings is 2. The topological polar surface area (TPSA) is 72.2 Å². The van der Waals surface area contributed by atoms with Crippen molar-refractivity contribution in [3.8, 4) is 0 Å². The predicted molar refractivity (Wildman–Crippen MR) is 77.0 cm³/mol. The maximum atomic E-state index is 13.6. The molecule has 2 aromatic rings. The molecule has 0 heterocycles. The molecule has 0 aliphatic rings.